The third-order valence-corrected chi connectivity index (χ3v) is 5.26. The number of nitrogens with zero attached hydrogens (tertiary/aromatic N) is 2. The zero-order valence-electron chi connectivity index (χ0n) is 17.4. The van der Waals surface area contributed by atoms with E-state index in [0.29, 0.717) is 19.0 Å². The van der Waals surface area contributed by atoms with Gasteiger partial charge >= 0.3 is 6.09 Å². The molecule has 0 saturated carbocycles. The van der Waals surface area contributed by atoms with E-state index in [1.807, 2.05) is 0 Å². The van der Waals surface area contributed by atoms with Crippen LogP contribution in [0.2, 0.25) is 0 Å². The maximum Gasteiger partial charge on any atom is 0.410 e. The number of carbonyl (C=O) groups excluding carboxylic acids is 2. The summed E-state index contributed by atoms with van der Waals surface area (Å²) in [5.41, 5.74) is 4.91. The van der Waals surface area contributed by atoms with E-state index in [4.69, 9.17) is 4.74 Å². The van der Waals surface area contributed by atoms with Gasteiger partial charge in [-0.3, -0.25) is 4.79 Å². The molecule has 29 heavy (non-hydrogen) atoms. The number of hydrogen-bond donors (Lipinski definition) is 1. The van der Waals surface area contributed by atoms with Crippen molar-refractivity contribution in [1.29, 1.82) is 0 Å². The van der Waals surface area contributed by atoms with Gasteiger partial charge in [0.2, 0.25) is 0 Å². The van der Waals surface area contributed by atoms with Gasteiger partial charge in [-0.2, -0.15) is 0 Å². The second kappa shape index (κ2) is 9.45. The highest BCUT2D eigenvalue weighted by molar-refractivity contribution is 5.79. The number of carbonyl (C=O) groups is 2. The summed E-state index contributed by atoms with van der Waals surface area (Å²) in [6.07, 6.45) is -0.436. The van der Waals surface area contributed by atoms with Crippen molar-refractivity contribution in [3.8, 4) is 11.1 Å². The Labute approximate surface area is 172 Å². The summed E-state index contributed by atoms with van der Waals surface area (Å²) >= 11 is 0. The summed E-state index contributed by atoms with van der Waals surface area (Å²) in [6.45, 7) is 6.78. The van der Waals surface area contributed by atoms with E-state index in [1.165, 1.54) is 23.7 Å². The van der Waals surface area contributed by atoms with Gasteiger partial charge in [-0.05, 0) is 34.7 Å². The first-order valence-corrected chi connectivity index (χ1v) is 10.1. The Morgan fingerprint density at radius 1 is 1.00 bits per heavy atom. The first-order chi connectivity index (χ1) is 14.0. The van der Waals surface area contributed by atoms with Crippen molar-refractivity contribution in [2.75, 3.05) is 44.7 Å². The van der Waals surface area contributed by atoms with E-state index in [2.05, 4.69) is 72.6 Å². The molecular weight excluding hydrogens is 366 g/mol. The molecule has 1 heterocycles. The Hall–Kier alpha value is -3.02. The summed E-state index contributed by atoms with van der Waals surface area (Å²) < 4.78 is 5.02. The van der Waals surface area contributed by atoms with Crippen molar-refractivity contribution in [2.45, 2.75) is 19.8 Å². The monoisotopic (exact) mass is 395 g/mol. The van der Waals surface area contributed by atoms with Crippen molar-refractivity contribution in [1.82, 2.24) is 10.2 Å². The van der Waals surface area contributed by atoms with Gasteiger partial charge in [0.15, 0.2) is 6.61 Å². The molecule has 154 valence electrons. The van der Waals surface area contributed by atoms with Gasteiger partial charge in [0.1, 0.15) is 0 Å². The molecule has 1 fully saturated rings. The van der Waals surface area contributed by atoms with E-state index in [-0.39, 0.29) is 12.5 Å². The van der Waals surface area contributed by atoms with Crippen LogP contribution in [0.1, 0.15) is 25.3 Å². The number of ether oxygens (including phenoxy) is 1. The van der Waals surface area contributed by atoms with Gasteiger partial charge in [-0.25, -0.2) is 4.79 Å². The number of anilines is 1. The van der Waals surface area contributed by atoms with Crippen LogP contribution in [0.15, 0.2) is 48.5 Å². The predicted octanol–water partition coefficient (Wildman–Crippen LogP) is 3.48. The molecule has 1 N–H and O–H groups in total. The Balaban J connectivity index is 1.57. The molecular formula is C23H29N3O3. The average molecular weight is 396 g/mol. The highest BCUT2D eigenvalue weighted by Gasteiger charge is 2.22. The lowest BCUT2D eigenvalue weighted by molar-refractivity contribution is -0.123. The standard InChI is InChI=1S/C23H29N3O3/c1-17(2)19-5-4-6-20(15-19)18-7-9-21(10-8-18)25-11-13-26(14-12-25)23(28)29-16-22(27)24-3/h4-10,15,17H,11-14,16H2,1-3H3,(H,24,27). The number of rotatable bonds is 5. The Kier molecular flexibility index (Phi) is 6.75. The van der Waals surface area contributed by atoms with Crippen LogP contribution in [0.5, 0.6) is 0 Å². The molecule has 1 aliphatic rings. The molecule has 6 heteroatoms. The number of likely N-dealkylation sites (N-methyl/N-ethyl adjacent to an activating group) is 1. The summed E-state index contributed by atoms with van der Waals surface area (Å²) in [7, 11) is 1.52. The highest BCUT2D eigenvalue weighted by atomic mass is 16.6. The van der Waals surface area contributed by atoms with Crippen LogP contribution in [0.25, 0.3) is 11.1 Å². The smallest absolute Gasteiger partial charge is 0.410 e. The fraction of sp³-hybridized carbons (Fsp3) is 0.391. The molecule has 0 aliphatic carbocycles. The maximum absolute atomic E-state index is 12.0. The van der Waals surface area contributed by atoms with E-state index < -0.39 is 6.09 Å². The van der Waals surface area contributed by atoms with Crippen molar-refractivity contribution in [3.05, 3.63) is 54.1 Å². The van der Waals surface area contributed by atoms with Crippen LogP contribution in [0.4, 0.5) is 10.5 Å². The molecule has 2 amide bonds. The van der Waals surface area contributed by atoms with E-state index >= 15 is 0 Å². The SMILES string of the molecule is CNC(=O)COC(=O)N1CCN(c2ccc(-c3cccc(C(C)C)c3)cc2)CC1. The van der Waals surface area contributed by atoms with E-state index in [1.54, 1.807) is 4.90 Å². The Morgan fingerprint density at radius 2 is 1.69 bits per heavy atom. The van der Waals surface area contributed by atoms with E-state index in [0.717, 1.165) is 18.8 Å². The normalized spacial score (nSPS) is 14.1. The van der Waals surface area contributed by atoms with Crippen LogP contribution < -0.4 is 10.2 Å². The summed E-state index contributed by atoms with van der Waals surface area (Å²) in [6, 6.07) is 17.3. The molecule has 3 rings (SSSR count). The quantitative estimate of drug-likeness (QED) is 0.842. The van der Waals surface area contributed by atoms with Crippen LogP contribution >= 0.6 is 0 Å². The van der Waals surface area contributed by atoms with Gasteiger partial charge in [0, 0.05) is 38.9 Å². The third kappa shape index (κ3) is 5.28. The second-order valence-corrected chi connectivity index (χ2v) is 7.53. The topological polar surface area (TPSA) is 61.9 Å². The molecule has 0 aromatic heterocycles. The van der Waals surface area contributed by atoms with Gasteiger partial charge in [-0.1, -0.05) is 50.2 Å². The third-order valence-electron chi connectivity index (χ3n) is 5.26. The molecule has 0 unspecified atom stereocenters. The lowest BCUT2D eigenvalue weighted by Crippen LogP contribution is -2.49. The molecule has 6 nitrogen and oxygen atoms in total. The summed E-state index contributed by atoms with van der Waals surface area (Å²) in [4.78, 5) is 27.2. The zero-order valence-corrected chi connectivity index (χ0v) is 17.4. The van der Waals surface area contributed by atoms with Crippen molar-refractivity contribution < 1.29 is 14.3 Å². The van der Waals surface area contributed by atoms with Gasteiger partial charge in [0.05, 0.1) is 0 Å². The molecule has 0 radical (unpaired) electrons. The fourth-order valence-corrected chi connectivity index (χ4v) is 3.38. The minimum Gasteiger partial charge on any atom is -0.439 e. The van der Waals surface area contributed by atoms with Gasteiger partial charge in [-0.15, -0.1) is 0 Å². The van der Waals surface area contributed by atoms with Crippen molar-refractivity contribution in [2.24, 2.45) is 0 Å². The largest absolute Gasteiger partial charge is 0.439 e. The highest BCUT2D eigenvalue weighted by Crippen LogP contribution is 2.26. The molecule has 0 atom stereocenters. The number of amides is 2. The minimum absolute atomic E-state index is 0.241. The van der Waals surface area contributed by atoms with Crippen molar-refractivity contribution >= 4 is 17.7 Å². The molecule has 2 aromatic carbocycles. The van der Waals surface area contributed by atoms with Crippen LogP contribution in [-0.4, -0.2) is 56.7 Å². The molecule has 1 aliphatic heterocycles. The molecule has 0 bridgehead atoms. The first kappa shape index (κ1) is 20.7. The number of piperazine rings is 1. The predicted molar refractivity (Wildman–Crippen MR) is 115 cm³/mol. The molecule has 1 saturated heterocycles. The lowest BCUT2D eigenvalue weighted by Gasteiger charge is -2.35. The van der Waals surface area contributed by atoms with Crippen LogP contribution in [0.3, 0.4) is 0 Å². The molecule has 0 spiro atoms. The number of nitrogens with one attached hydrogen (secondary N) is 1. The zero-order chi connectivity index (χ0) is 20.8. The summed E-state index contributed by atoms with van der Waals surface area (Å²) in [5, 5.41) is 2.43. The van der Waals surface area contributed by atoms with Crippen molar-refractivity contribution in [3.63, 3.8) is 0 Å². The Morgan fingerprint density at radius 3 is 2.31 bits per heavy atom. The summed E-state index contributed by atoms with van der Waals surface area (Å²) in [5.74, 6) is 0.199. The second-order valence-electron chi connectivity index (χ2n) is 7.53. The maximum atomic E-state index is 12.0. The van der Waals surface area contributed by atoms with Crippen LogP contribution in [0, 0.1) is 0 Å². The Bertz CT molecular complexity index is 841. The number of benzene rings is 2. The van der Waals surface area contributed by atoms with Gasteiger partial charge in [0.25, 0.3) is 5.91 Å². The van der Waals surface area contributed by atoms with Gasteiger partial charge < -0.3 is 19.9 Å². The van der Waals surface area contributed by atoms with E-state index in [9.17, 15) is 9.59 Å². The lowest BCUT2D eigenvalue weighted by atomic mass is 9.97. The fourth-order valence-electron chi connectivity index (χ4n) is 3.38. The number of hydrogen-bond acceptors (Lipinski definition) is 4. The minimum atomic E-state index is -0.436. The van der Waals surface area contributed by atoms with Crippen LogP contribution in [-0.2, 0) is 9.53 Å². The molecule has 2 aromatic rings. The average Bonchev–Trinajstić information content (AvgIpc) is 2.77. The first-order valence-electron chi connectivity index (χ1n) is 10.1.